The van der Waals surface area contributed by atoms with Crippen molar-refractivity contribution in [3.8, 4) is 11.6 Å². The Kier molecular flexibility index (Phi) is 12.2. The quantitative estimate of drug-likeness (QED) is 0.289. The number of halogens is 1. The number of aryl methyl sites for hydroxylation is 2. The first-order valence-electron chi connectivity index (χ1n) is 20.6. The molecule has 1 N–H and O–H groups in total. The Morgan fingerprint density at radius 3 is 2.79 bits per heavy atom. The van der Waals surface area contributed by atoms with E-state index >= 15 is 0 Å². The second-order valence-corrected chi connectivity index (χ2v) is 19.1. The Bertz CT molecular complexity index is 2160. The number of benzene rings is 2. The summed E-state index contributed by atoms with van der Waals surface area (Å²) in [6.45, 7) is 8.63. The van der Waals surface area contributed by atoms with Crippen LogP contribution in [0.4, 0.5) is 5.69 Å². The molecule has 3 aromatic rings. The van der Waals surface area contributed by atoms with Gasteiger partial charge in [-0.15, -0.1) is 9.46 Å². The molecule has 5 aliphatic rings. The number of nitrogens with one attached hydrogen (secondary N) is 1. The highest BCUT2D eigenvalue weighted by atomic mass is 35.5. The number of hydrogen-bond donors (Lipinski definition) is 1. The van der Waals surface area contributed by atoms with Gasteiger partial charge in [-0.25, -0.2) is 4.21 Å². The Balaban J connectivity index is 1.17. The molecular formula is C43H55ClN6O7S. The number of ether oxygens (including phenoxy) is 4. The summed E-state index contributed by atoms with van der Waals surface area (Å²) in [6.07, 6.45) is 11.3. The molecule has 0 radical (unpaired) electrons. The molecule has 2 fully saturated rings. The summed E-state index contributed by atoms with van der Waals surface area (Å²) in [5, 5.41) is 4.91. The molecule has 3 aliphatic heterocycles. The van der Waals surface area contributed by atoms with Crippen LogP contribution < -0.4 is 19.1 Å². The number of nitrogens with zero attached hydrogens (tertiary/aromatic N) is 5. The number of amides is 2. The molecule has 58 heavy (non-hydrogen) atoms. The fourth-order valence-electron chi connectivity index (χ4n) is 9.41. The van der Waals surface area contributed by atoms with E-state index in [2.05, 4.69) is 48.3 Å². The molecule has 6 atom stereocenters. The monoisotopic (exact) mass is 834 g/mol. The van der Waals surface area contributed by atoms with E-state index in [-0.39, 0.29) is 40.2 Å². The number of aromatic nitrogens is 2. The minimum atomic E-state index is -3.63. The maximum Gasteiger partial charge on any atom is 0.286 e. The highest BCUT2D eigenvalue weighted by Gasteiger charge is 2.44. The van der Waals surface area contributed by atoms with E-state index in [1.807, 2.05) is 25.1 Å². The molecule has 8 rings (SSSR count). The van der Waals surface area contributed by atoms with Gasteiger partial charge in [-0.1, -0.05) is 36.7 Å². The van der Waals surface area contributed by atoms with Gasteiger partial charge < -0.3 is 23.8 Å². The van der Waals surface area contributed by atoms with Crippen molar-refractivity contribution >= 4 is 39.0 Å². The molecule has 1 spiro atoms. The van der Waals surface area contributed by atoms with E-state index in [9.17, 15) is 13.8 Å². The predicted octanol–water partition coefficient (Wildman–Crippen LogP) is 5.85. The van der Waals surface area contributed by atoms with Crippen molar-refractivity contribution in [2.24, 2.45) is 29.2 Å². The lowest BCUT2D eigenvalue weighted by Gasteiger charge is -2.46. The van der Waals surface area contributed by atoms with Crippen LogP contribution in [0.1, 0.15) is 70.9 Å². The number of carbonyl (C=O) groups excluding carboxylic acids is 2. The summed E-state index contributed by atoms with van der Waals surface area (Å²) in [4.78, 5) is 32.6. The third-order valence-corrected chi connectivity index (χ3v) is 14.8. The van der Waals surface area contributed by atoms with Crippen molar-refractivity contribution in [2.45, 2.75) is 57.0 Å². The summed E-state index contributed by atoms with van der Waals surface area (Å²) in [7, 11) is -0.557. The Labute approximate surface area is 346 Å². The van der Waals surface area contributed by atoms with Gasteiger partial charge in [0, 0.05) is 62.0 Å². The molecule has 1 saturated carbocycles. The first-order valence-corrected chi connectivity index (χ1v) is 22.7. The maximum absolute atomic E-state index is 14.8. The summed E-state index contributed by atoms with van der Waals surface area (Å²) in [6, 6.07) is 11.6. The second kappa shape index (κ2) is 17.3. The van der Waals surface area contributed by atoms with Gasteiger partial charge >= 0.3 is 0 Å². The second-order valence-electron chi connectivity index (χ2n) is 16.7. The van der Waals surface area contributed by atoms with Crippen LogP contribution in [-0.2, 0) is 38.3 Å². The number of hydrogen-bond acceptors (Lipinski definition) is 10. The SMILES string of the molecule is COc1nn(C)cc1C(=O)NS1(=O)=NC(=O)c2ccc3c(c2)N(C[C@@H]2CC[C@H]2[C@@H](OCCN2CCOCC2)/C=C\C[C@H](C)C1)C[C@@]1(CCCc2cc(Cl)ccc21)CO3. The van der Waals surface area contributed by atoms with Crippen molar-refractivity contribution in [3.05, 3.63) is 82.0 Å². The van der Waals surface area contributed by atoms with Crippen molar-refractivity contribution in [2.75, 3.05) is 76.9 Å². The molecule has 4 heterocycles. The van der Waals surface area contributed by atoms with E-state index in [0.29, 0.717) is 43.8 Å². The predicted molar refractivity (Wildman–Crippen MR) is 223 cm³/mol. The average molecular weight is 835 g/mol. The van der Waals surface area contributed by atoms with Gasteiger partial charge in [0.25, 0.3) is 11.8 Å². The smallest absolute Gasteiger partial charge is 0.286 e. The van der Waals surface area contributed by atoms with Crippen molar-refractivity contribution in [1.82, 2.24) is 19.4 Å². The minimum absolute atomic E-state index is 0.0435. The van der Waals surface area contributed by atoms with Crippen LogP contribution in [-0.4, -0.2) is 109 Å². The molecule has 312 valence electrons. The van der Waals surface area contributed by atoms with Crippen molar-refractivity contribution in [1.29, 1.82) is 0 Å². The molecule has 2 amide bonds. The lowest BCUT2D eigenvalue weighted by Crippen LogP contribution is -2.50. The first-order chi connectivity index (χ1) is 28.0. The van der Waals surface area contributed by atoms with Crippen LogP contribution in [0.3, 0.4) is 0 Å². The van der Waals surface area contributed by atoms with Gasteiger partial charge in [0.1, 0.15) is 21.2 Å². The van der Waals surface area contributed by atoms with E-state index in [0.717, 1.165) is 82.2 Å². The van der Waals surface area contributed by atoms with Crippen LogP contribution in [0.25, 0.3) is 0 Å². The Hall–Kier alpha value is -3.95. The third-order valence-electron chi connectivity index (χ3n) is 12.5. The molecule has 2 aromatic carbocycles. The zero-order chi connectivity index (χ0) is 40.4. The molecule has 15 heteroatoms. The molecule has 1 aromatic heterocycles. The number of allylic oxidation sites excluding steroid dienone is 1. The zero-order valence-electron chi connectivity index (χ0n) is 33.7. The lowest BCUT2D eigenvalue weighted by molar-refractivity contribution is -0.0315. The fraction of sp³-hybridized carbons (Fsp3) is 0.558. The van der Waals surface area contributed by atoms with Crippen LogP contribution in [0, 0.1) is 17.8 Å². The van der Waals surface area contributed by atoms with Gasteiger partial charge in [-0.3, -0.25) is 23.9 Å². The van der Waals surface area contributed by atoms with Gasteiger partial charge in [-0.2, -0.15) is 0 Å². The fourth-order valence-corrected chi connectivity index (χ4v) is 11.5. The molecule has 13 nitrogen and oxygen atoms in total. The summed E-state index contributed by atoms with van der Waals surface area (Å²) < 4.78 is 47.5. The maximum atomic E-state index is 14.8. The number of anilines is 1. The van der Waals surface area contributed by atoms with Gasteiger partial charge in [-0.05, 0) is 97.7 Å². The van der Waals surface area contributed by atoms with Crippen LogP contribution >= 0.6 is 11.6 Å². The molecule has 2 aliphatic carbocycles. The average Bonchev–Trinajstić information content (AvgIpc) is 3.51. The number of methoxy groups -OCH3 is 1. The molecule has 1 saturated heterocycles. The summed E-state index contributed by atoms with van der Waals surface area (Å²) >= 11 is 6.51. The molecule has 2 bridgehead atoms. The highest BCUT2D eigenvalue weighted by molar-refractivity contribution is 7.92. The summed E-state index contributed by atoms with van der Waals surface area (Å²) in [5.41, 5.74) is 3.41. The number of fused-ring (bicyclic) bond motifs is 4. The van der Waals surface area contributed by atoms with Crippen molar-refractivity contribution < 1.29 is 32.7 Å². The Morgan fingerprint density at radius 1 is 1.16 bits per heavy atom. The van der Waals surface area contributed by atoms with Gasteiger partial charge in [0.2, 0.25) is 5.88 Å². The largest absolute Gasteiger partial charge is 0.490 e. The van der Waals surface area contributed by atoms with Crippen LogP contribution in [0.5, 0.6) is 11.6 Å². The van der Waals surface area contributed by atoms with E-state index in [4.69, 9.17) is 30.5 Å². The standard InChI is InChI=1S/C43H55ClN6O7S/c1-29-6-4-8-38(56-21-18-49-16-19-55-20-17-49)34-12-9-32(34)24-50-27-43(15-5-7-30-22-33(44)11-13-36(30)43)28-57-39-14-10-31(23-37(39)50)40(51)46-58(53,26-29)47-41(52)35-25-48(2)45-42(35)54-3/h4,8,10-11,13-14,22-23,25,29,32,34,38H,5-7,9,12,15-21,24,26-28H2,1-3H3,(H,46,47,51,52,53)/b8-4-/t29-,32-,34+,38-,43-,58?/m0/s1. The Morgan fingerprint density at radius 2 is 2.00 bits per heavy atom. The van der Waals surface area contributed by atoms with Gasteiger partial charge in [0.05, 0.1) is 51.1 Å². The summed E-state index contributed by atoms with van der Waals surface area (Å²) in [5.74, 6) is -0.183. The molecular weight excluding hydrogens is 780 g/mol. The first kappa shape index (κ1) is 40.8. The van der Waals surface area contributed by atoms with Gasteiger partial charge in [0.15, 0.2) is 0 Å². The normalized spacial score (nSPS) is 29.5. The minimum Gasteiger partial charge on any atom is -0.490 e. The van der Waals surface area contributed by atoms with Crippen LogP contribution in [0.15, 0.2) is 59.1 Å². The van der Waals surface area contributed by atoms with E-state index < -0.39 is 21.7 Å². The topological polar surface area (TPSA) is 137 Å². The van der Waals surface area contributed by atoms with Crippen LogP contribution in [0.2, 0.25) is 5.02 Å². The highest BCUT2D eigenvalue weighted by Crippen LogP contribution is 2.47. The van der Waals surface area contributed by atoms with E-state index in [1.165, 1.54) is 29.1 Å². The number of carbonyl (C=O) groups is 2. The number of morpholine rings is 1. The molecule has 1 unspecified atom stereocenters. The zero-order valence-corrected chi connectivity index (χ0v) is 35.3. The van der Waals surface area contributed by atoms with Crippen molar-refractivity contribution in [3.63, 3.8) is 0 Å². The number of rotatable bonds is 7. The van der Waals surface area contributed by atoms with E-state index in [1.54, 1.807) is 13.1 Å². The lowest BCUT2D eigenvalue weighted by atomic mass is 9.68. The third kappa shape index (κ3) is 8.81.